The van der Waals surface area contributed by atoms with Gasteiger partial charge in [0.1, 0.15) is 11.9 Å². The molecule has 1 fully saturated rings. The molecule has 1 aliphatic rings. The lowest BCUT2D eigenvalue weighted by Crippen LogP contribution is -2.38. The summed E-state index contributed by atoms with van der Waals surface area (Å²) < 4.78 is 17.2. The van der Waals surface area contributed by atoms with E-state index in [1.54, 1.807) is 0 Å². The summed E-state index contributed by atoms with van der Waals surface area (Å²) in [4.78, 5) is 13.9. The normalized spacial score (nSPS) is 16.2. The van der Waals surface area contributed by atoms with Gasteiger partial charge in [-0.2, -0.15) is 0 Å². The molecule has 0 radical (unpaired) electrons. The molecule has 2 aromatic carbocycles. The zero-order valence-corrected chi connectivity index (χ0v) is 18.1. The zero-order valence-electron chi connectivity index (χ0n) is 18.1. The topological polar surface area (TPSA) is 48.0 Å². The number of esters is 1. The van der Waals surface area contributed by atoms with Gasteiger partial charge in [0, 0.05) is 19.6 Å². The molecule has 1 aliphatic heterocycles. The van der Waals surface area contributed by atoms with Crippen LogP contribution in [0, 0.1) is 0 Å². The first kappa shape index (κ1) is 22.3. The van der Waals surface area contributed by atoms with Gasteiger partial charge in [-0.15, -0.1) is 0 Å². The van der Waals surface area contributed by atoms with Crippen molar-refractivity contribution in [2.24, 2.45) is 0 Å². The number of hydrogen-bond acceptors (Lipinski definition) is 5. The summed E-state index contributed by atoms with van der Waals surface area (Å²) in [5.41, 5.74) is 2.29. The van der Waals surface area contributed by atoms with Crippen molar-refractivity contribution in [1.29, 1.82) is 0 Å². The largest absolute Gasteiger partial charge is 0.494 e. The molecule has 0 amide bonds. The molecule has 0 N–H and O–H groups in total. The first-order valence-electron chi connectivity index (χ1n) is 11.0. The molecule has 30 heavy (non-hydrogen) atoms. The van der Waals surface area contributed by atoms with Crippen molar-refractivity contribution in [3.05, 3.63) is 65.7 Å². The Kier molecular flexibility index (Phi) is 8.72. The highest BCUT2D eigenvalue weighted by molar-refractivity contribution is 5.69. The average molecular weight is 412 g/mol. The fraction of sp³-hybridized carbons (Fsp3) is 0.480. The van der Waals surface area contributed by atoms with Gasteiger partial charge in [0.2, 0.25) is 0 Å². The van der Waals surface area contributed by atoms with Gasteiger partial charge in [-0.1, -0.05) is 42.5 Å². The van der Waals surface area contributed by atoms with E-state index in [1.807, 2.05) is 32.0 Å². The van der Waals surface area contributed by atoms with Crippen LogP contribution in [0.1, 0.15) is 50.3 Å². The molecule has 5 nitrogen and oxygen atoms in total. The third kappa shape index (κ3) is 6.57. The molecule has 1 heterocycles. The Hall–Kier alpha value is -2.37. The number of carbonyl (C=O) groups is 1. The summed E-state index contributed by atoms with van der Waals surface area (Å²) in [5, 5.41) is 0. The van der Waals surface area contributed by atoms with Gasteiger partial charge in [-0.05, 0) is 49.9 Å². The number of ether oxygens (including phenoxy) is 3. The zero-order chi connectivity index (χ0) is 21.2. The number of rotatable bonds is 10. The van der Waals surface area contributed by atoms with E-state index < -0.39 is 0 Å². The minimum absolute atomic E-state index is 0.0991. The average Bonchev–Trinajstić information content (AvgIpc) is 2.78. The SMILES string of the molecule is CCOC(=O)CCN1CCC(OC(c2ccccc2)c2ccc(OCC)cc2)CC1. The van der Waals surface area contributed by atoms with Crippen LogP contribution in [0.4, 0.5) is 0 Å². The lowest BCUT2D eigenvalue weighted by atomic mass is 10.00. The monoisotopic (exact) mass is 411 g/mol. The van der Waals surface area contributed by atoms with Crippen LogP contribution in [0.15, 0.2) is 54.6 Å². The van der Waals surface area contributed by atoms with Crippen molar-refractivity contribution in [3.8, 4) is 5.75 Å². The second kappa shape index (κ2) is 11.7. The number of likely N-dealkylation sites (tertiary alicyclic amines) is 1. The smallest absolute Gasteiger partial charge is 0.307 e. The Morgan fingerprint density at radius 3 is 2.27 bits per heavy atom. The molecular formula is C25H33NO4. The van der Waals surface area contributed by atoms with Crippen LogP contribution < -0.4 is 4.74 Å². The number of carbonyl (C=O) groups excluding carboxylic acids is 1. The molecule has 0 bridgehead atoms. The van der Waals surface area contributed by atoms with Crippen LogP contribution in [0.25, 0.3) is 0 Å². The lowest BCUT2D eigenvalue weighted by Gasteiger charge is -2.34. The summed E-state index contributed by atoms with van der Waals surface area (Å²) in [6.07, 6.45) is 2.48. The molecule has 0 aromatic heterocycles. The Morgan fingerprint density at radius 2 is 1.63 bits per heavy atom. The van der Waals surface area contributed by atoms with Gasteiger partial charge in [0.15, 0.2) is 0 Å². The molecular weight excluding hydrogens is 378 g/mol. The minimum atomic E-state index is -0.115. The first-order chi connectivity index (χ1) is 14.7. The van der Waals surface area contributed by atoms with Gasteiger partial charge < -0.3 is 19.1 Å². The van der Waals surface area contributed by atoms with Crippen LogP contribution in [-0.4, -0.2) is 49.8 Å². The van der Waals surface area contributed by atoms with Gasteiger partial charge in [-0.3, -0.25) is 4.79 Å². The predicted molar refractivity (Wildman–Crippen MR) is 118 cm³/mol. The van der Waals surface area contributed by atoms with Gasteiger partial charge in [0.05, 0.1) is 25.7 Å². The maximum Gasteiger partial charge on any atom is 0.307 e. The van der Waals surface area contributed by atoms with E-state index in [2.05, 4.69) is 41.3 Å². The molecule has 1 saturated heterocycles. The Balaban J connectivity index is 1.60. The Bertz CT molecular complexity index is 754. The number of nitrogens with zero attached hydrogens (tertiary/aromatic N) is 1. The highest BCUT2D eigenvalue weighted by Gasteiger charge is 2.25. The fourth-order valence-electron chi connectivity index (χ4n) is 3.83. The molecule has 0 saturated carbocycles. The van der Waals surface area contributed by atoms with Crippen LogP contribution in [0.3, 0.4) is 0 Å². The van der Waals surface area contributed by atoms with Crippen molar-refractivity contribution in [2.75, 3.05) is 32.8 Å². The molecule has 1 unspecified atom stereocenters. The summed E-state index contributed by atoms with van der Waals surface area (Å²) >= 11 is 0. The van der Waals surface area contributed by atoms with Crippen molar-refractivity contribution in [3.63, 3.8) is 0 Å². The van der Waals surface area contributed by atoms with Crippen molar-refractivity contribution >= 4 is 5.97 Å². The Morgan fingerprint density at radius 1 is 0.967 bits per heavy atom. The maximum absolute atomic E-state index is 11.6. The highest BCUT2D eigenvalue weighted by Crippen LogP contribution is 2.31. The Labute approximate surface area is 179 Å². The quantitative estimate of drug-likeness (QED) is 0.535. The standard InChI is InChI=1S/C25H33NO4/c1-3-28-22-12-10-21(11-13-22)25(20-8-6-5-7-9-20)30-23-14-17-26(18-15-23)19-16-24(27)29-4-2/h5-13,23,25H,3-4,14-19H2,1-2H3. The predicted octanol–water partition coefficient (Wildman–Crippen LogP) is 4.61. The minimum Gasteiger partial charge on any atom is -0.494 e. The first-order valence-corrected chi connectivity index (χ1v) is 11.0. The summed E-state index contributed by atoms with van der Waals surface area (Å²) in [6, 6.07) is 18.6. The number of piperidine rings is 1. The van der Waals surface area contributed by atoms with Crippen molar-refractivity contribution in [2.45, 2.75) is 45.3 Å². The van der Waals surface area contributed by atoms with E-state index in [-0.39, 0.29) is 18.2 Å². The van der Waals surface area contributed by atoms with E-state index in [0.29, 0.717) is 19.6 Å². The van der Waals surface area contributed by atoms with Crippen molar-refractivity contribution < 1.29 is 19.0 Å². The molecule has 0 aliphatic carbocycles. The van der Waals surface area contributed by atoms with Crippen molar-refractivity contribution in [1.82, 2.24) is 4.90 Å². The fourth-order valence-corrected chi connectivity index (χ4v) is 3.83. The summed E-state index contributed by atoms with van der Waals surface area (Å²) in [7, 11) is 0. The second-order valence-corrected chi connectivity index (χ2v) is 7.52. The van der Waals surface area contributed by atoms with E-state index in [9.17, 15) is 4.79 Å². The molecule has 2 aromatic rings. The van der Waals surface area contributed by atoms with Crippen LogP contribution in [0.2, 0.25) is 0 Å². The molecule has 5 heteroatoms. The van der Waals surface area contributed by atoms with Crippen LogP contribution in [0.5, 0.6) is 5.75 Å². The van der Waals surface area contributed by atoms with E-state index in [1.165, 1.54) is 0 Å². The molecule has 0 spiro atoms. The molecule has 3 rings (SSSR count). The van der Waals surface area contributed by atoms with Gasteiger partial charge in [-0.25, -0.2) is 0 Å². The maximum atomic E-state index is 11.6. The molecule has 162 valence electrons. The second-order valence-electron chi connectivity index (χ2n) is 7.52. The van der Waals surface area contributed by atoms with E-state index >= 15 is 0 Å². The summed E-state index contributed by atoms with van der Waals surface area (Å²) in [5.74, 6) is 0.762. The van der Waals surface area contributed by atoms with Crippen LogP contribution in [-0.2, 0) is 14.3 Å². The summed E-state index contributed by atoms with van der Waals surface area (Å²) in [6.45, 7) is 7.57. The number of hydrogen-bond donors (Lipinski definition) is 0. The lowest BCUT2D eigenvalue weighted by molar-refractivity contribution is -0.143. The van der Waals surface area contributed by atoms with Gasteiger partial charge in [0.25, 0.3) is 0 Å². The highest BCUT2D eigenvalue weighted by atomic mass is 16.5. The van der Waals surface area contributed by atoms with E-state index in [4.69, 9.17) is 14.2 Å². The van der Waals surface area contributed by atoms with E-state index in [0.717, 1.165) is 49.4 Å². The van der Waals surface area contributed by atoms with Crippen LogP contribution >= 0.6 is 0 Å². The molecule has 1 atom stereocenters. The third-order valence-corrected chi connectivity index (χ3v) is 5.40. The van der Waals surface area contributed by atoms with Gasteiger partial charge >= 0.3 is 5.97 Å². The third-order valence-electron chi connectivity index (χ3n) is 5.40. The number of benzene rings is 2.